The Labute approximate surface area is 199 Å². The number of imidazole rings is 1. The van der Waals surface area contributed by atoms with Crippen LogP contribution in [0.2, 0.25) is 0 Å². The molecule has 0 saturated carbocycles. The molecule has 0 bridgehead atoms. The van der Waals surface area contributed by atoms with Crippen molar-refractivity contribution < 1.29 is 19.1 Å². The molecule has 33 heavy (non-hydrogen) atoms. The van der Waals surface area contributed by atoms with Crippen LogP contribution in [0.3, 0.4) is 0 Å². The molecule has 2 aromatic heterocycles. The Bertz CT molecular complexity index is 940. The van der Waals surface area contributed by atoms with E-state index in [4.69, 9.17) is 4.74 Å². The second kappa shape index (κ2) is 11.0. The van der Waals surface area contributed by atoms with Gasteiger partial charge in [-0.1, -0.05) is 0 Å². The van der Waals surface area contributed by atoms with Gasteiger partial charge in [0.25, 0.3) is 0 Å². The quantitative estimate of drug-likeness (QED) is 0.594. The number of esters is 1. The Morgan fingerprint density at radius 1 is 1.27 bits per heavy atom. The van der Waals surface area contributed by atoms with Crippen LogP contribution in [0.25, 0.3) is 0 Å². The summed E-state index contributed by atoms with van der Waals surface area (Å²) in [5, 5.41) is 6.89. The van der Waals surface area contributed by atoms with E-state index < -0.39 is 17.6 Å². The highest BCUT2D eigenvalue weighted by Gasteiger charge is 2.33. The third-order valence-electron chi connectivity index (χ3n) is 5.61. The molecule has 2 aromatic rings. The molecule has 1 saturated heterocycles. The molecule has 1 aliphatic heterocycles. The minimum absolute atomic E-state index is 0.178. The first-order chi connectivity index (χ1) is 15.6. The van der Waals surface area contributed by atoms with Gasteiger partial charge in [0, 0.05) is 44.9 Å². The standard InChI is InChI=1S/C24H34N4O4S/c1-17(29)26-20(15-21(30)32-24(2,3)4)23(31)28-11-6-19(7-12-28)22-25-9-13-27(22)10-5-18-8-14-33-16-18/h8-9,13-14,16,19-20H,5-7,10-12,15H2,1-4H3,(H,26,29). The lowest BCUT2D eigenvalue weighted by atomic mass is 9.95. The largest absolute Gasteiger partial charge is 0.460 e. The Morgan fingerprint density at radius 2 is 2.00 bits per heavy atom. The molecule has 1 aliphatic rings. The van der Waals surface area contributed by atoms with Crippen molar-refractivity contribution in [2.45, 2.75) is 77.5 Å². The number of aryl methyl sites for hydroxylation is 2. The highest BCUT2D eigenvalue weighted by atomic mass is 32.1. The molecule has 1 N–H and O–H groups in total. The number of carbonyl (C=O) groups is 3. The van der Waals surface area contributed by atoms with Gasteiger partial charge in [-0.15, -0.1) is 0 Å². The fraction of sp³-hybridized carbons (Fsp3) is 0.583. The first-order valence-corrected chi connectivity index (χ1v) is 12.4. The monoisotopic (exact) mass is 474 g/mol. The van der Waals surface area contributed by atoms with Crippen LogP contribution in [-0.4, -0.2) is 57.0 Å². The van der Waals surface area contributed by atoms with Gasteiger partial charge in [-0.3, -0.25) is 14.4 Å². The Morgan fingerprint density at radius 3 is 2.61 bits per heavy atom. The van der Waals surface area contributed by atoms with Gasteiger partial charge in [0.05, 0.1) is 6.42 Å². The summed E-state index contributed by atoms with van der Waals surface area (Å²) in [7, 11) is 0. The lowest BCUT2D eigenvalue weighted by molar-refractivity contribution is -0.157. The summed E-state index contributed by atoms with van der Waals surface area (Å²) in [5.74, 6) is 0.244. The van der Waals surface area contributed by atoms with Crippen molar-refractivity contribution in [3.05, 3.63) is 40.6 Å². The minimum atomic E-state index is -0.915. The fourth-order valence-corrected chi connectivity index (χ4v) is 4.83. The van der Waals surface area contributed by atoms with E-state index in [1.165, 1.54) is 12.5 Å². The predicted octanol–water partition coefficient (Wildman–Crippen LogP) is 3.13. The maximum absolute atomic E-state index is 13.1. The maximum Gasteiger partial charge on any atom is 0.308 e. The number of amides is 2. The number of nitrogens with one attached hydrogen (secondary N) is 1. The van der Waals surface area contributed by atoms with Crippen molar-refractivity contribution in [1.82, 2.24) is 19.8 Å². The number of hydrogen-bond donors (Lipinski definition) is 1. The van der Waals surface area contributed by atoms with Crippen LogP contribution in [0.4, 0.5) is 0 Å². The number of ether oxygens (including phenoxy) is 1. The van der Waals surface area contributed by atoms with Crippen LogP contribution in [0.5, 0.6) is 0 Å². The zero-order valence-electron chi connectivity index (χ0n) is 19.9. The number of likely N-dealkylation sites (tertiary alicyclic amines) is 1. The van der Waals surface area contributed by atoms with Gasteiger partial charge in [-0.25, -0.2) is 4.98 Å². The summed E-state index contributed by atoms with van der Waals surface area (Å²) < 4.78 is 7.56. The number of rotatable bonds is 8. The summed E-state index contributed by atoms with van der Waals surface area (Å²) in [6, 6.07) is 1.23. The van der Waals surface area contributed by atoms with E-state index in [1.54, 1.807) is 37.0 Å². The lowest BCUT2D eigenvalue weighted by Crippen LogP contribution is -2.51. The van der Waals surface area contributed by atoms with Gasteiger partial charge >= 0.3 is 5.97 Å². The first-order valence-electron chi connectivity index (χ1n) is 11.4. The average Bonchev–Trinajstić information content (AvgIpc) is 3.41. The normalized spacial score (nSPS) is 15.8. The van der Waals surface area contributed by atoms with E-state index in [-0.39, 0.29) is 24.2 Å². The second-order valence-electron chi connectivity index (χ2n) is 9.50. The summed E-state index contributed by atoms with van der Waals surface area (Å²) in [6.45, 7) is 8.67. The molecule has 3 rings (SSSR count). The van der Waals surface area contributed by atoms with Crippen molar-refractivity contribution in [3.63, 3.8) is 0 Å². The van der Waals surface area contributed by atoms with E-state index >= 15 is 0 Å². The third-order valence-corrected chi connectivity index (χ3v) is 6.34. The number of piperidine rings is 1. The number of hydrogen-bond acceptors (Lipinski definition) is 6. The summed E-state index contributed by atoms with van der Waals surface area (Å²) in [4.78, 5) is 43.4. The number of aromatic nitrogens is 2. The minimum Gasteiger partial charge on any atom is -0.460 e. The highest BCUT2D eigenvalue weighted by molar-refractivity contribution is 7.07. The Balaban J connectivity index is 1.57. The van der Waals surface area contributed by atoms with Gasteiger partial charge in [-0.05, 0) is 62.4 Å². The van der Waals surface area contributed by atoms with E-state index in [9.17, 15) is 14.4 Å². The van der Waals surface area contributed by atoms with Crippen LogP contribution in [0.1, 0.15) is 64.3 Å². The van der Waals surface area contributed by atoms with Gasteiger partial charge in [-0.2, -0.15) is 11.3 Å². The van der Waals surface area contributed by atoms with E-state index in [0.717, 1.165) is 31.6 Å². The topological polar surface area (TPSA) is 93.5 Å². The molecule has 8 nitrogen and oxygen atoms in total. The zero-order valence-corrected chi connectivity index (χ0v) is 20.7. The number of nitrogens with zero attached hydrogens (tertiary/aromatic N) is 3. The first kappa shape index (κ1) is 25.0. The molecular formula is C24H34N4O4S. The van der Waals surface area contributed by atoms with Gasteiger partial charge in [0.15, 0.2) is 0 Å². The van der Waals surface area contributed by atoms with Crippen LogP contribution in [-0.2, 0) is 32.1 Å². The van der Waals surface area contributed by atoms with E-state index in [1.807, 2.05) is 12.4 Å². The molecule has 180 valence electrons. The van der Waals surface area contributed by atoms with Gasteiger partial charge < -0.3 is 19.5 Å². The summed E-state index contributed by atoms with van der Waals surface area (Å²) in [6.07, 6.45) is 6.23. The van der Waals surface area contributed by atoms with Crippen LogP contribution >= 0.6 is 11.3 Å². The van der Waals surface area contributed by atoms with Gasteiger partial charge in [0.1, 0.15) is 17.5 Å². The lowest BCUT2D eigenvalue weighted by Gasteiger charge is -2.34. The molecule has 9 heteroatoms. The van der Waals surface area contributed by atoms with Gasteiger partial charge in [0.2, 0.25) is 11.8 Å². The molecule has 1 fully saturated rings. The number of carbonyl (C=O) groups excluding carboxylic acids is 3. The summed E-state index contributed by atoms with van der Waals surface area (Å²) in [5.41, 5.74) is 0.680. The van der Waals surface area contributed by atoms with Crippen molar-refractivity contribution in [1.29, 1.82) is 0 Å². The Kier molecular flexibility index (Phi) is 8.29. The molecule has 0 aromatic carbocycles. The van der Waals surface area contributed by atoms with Crippen LogP contribution in [0.15, 0.2) is 29.2 Å². The Hall–Kier alpha value is -2.68. The van der Waals surface area contributed by atoms with E-state index in [0.29, 0.717) is 13.1 Å². The highest BCUT2D eigenvalue weighted by Crippen LogP contribution is 2.28. The van der Waals surface area contributed by atoms with Crippen molar-refractivity contribution in [2.75, 3.05) is 13.1 Å². The van der Waals surface area contributed by atoms with Crippen molar-refractivity contribution in [2.24, 2.45) is 0 Å². The van der Waals surface area contributed by atoms with E-state index in [2.05, 4.69) is 31.7 Å². The SMILES string of the molecule is CC(=O)NC(CC(=O)OC(C)(C)C)C(=O)N1CCC(c2nccn2CCc2ccsc2)CC1. The molecular weight excluding hydrogens is 440 g/mol. The number of thiophene rings is 1. The molecule has 2 amide bonds. The molecule has 1 unspecified atom stereocenters. The van der Waals surface area contributed by atoms with Crippen LogP contribution in [0, 0.1) is 0 Å². The molecule has 0 spiro atoms. The fourth-order valence-electron chi connectivity index (χ4n) is 4.13. The zero-order chi connectivity index (χ0) is 24.0. The molecule has 3 heterocycles. The molecule has 1 atom stereocenters. The molecule has 0 radical (unpaired) electrons. The van der Waals surface area contributed by atoms with Crippen molar-refractivity contribution in [3.8, 4) is 0 Å². The maximum atomic E-state index is 13.1. The van der Waals surface area contributed by atoms with Crippen LogP contribution < -0.4 is 5.32 Å². The van der Waals surface area contributed by atoms with Crippen molar-refractivity contribution >= 4 is 29.1 Å². The third kappa shape index (κ3) is 7.42. The predicted molar refractivity (Wildman–Crippen MR) is 127 cm³/mol. The molecule has 0 aliphatic carbocycles. The second-order valence-corrected chi connectivity index (χ2v) is 10.3. The summed E-state index contributed by atoms with van der Waals surface area (Å²) >= 11 is 1.71. The average molecular weight is 475 g/mol. The smallest absolute Gasteiger partial charge is 0.308 e.